The number of carbonyl (C=O) groups is 2. The molecule has 2 aromatic rings. The molecule has 5 nitrogen and oxygen atoms in total. The number of carbonyl (C=O) groups excluding carboxylic acids is 2. The van der Waals surface area contributed by atoms with E-state index in [1.54, 1.807) is 18.2 Å². The standard InChI is InChI=1S/C16H13Cl2FN2O3/c1-21(8-10-4-2-3-5-12(10)19)14(22)9-24-16(23)15-11(17)6-7-13(18)20-15/h2-7H,8-9H2,1H3. The van der Waals surface area contributed by atoms with E-state index in [4.69, 9.17) is 27.9 Å². The van der Waals surface area contributed by atoms with Crippen molar-refractivity contribution in [3.05, 3.63) is 63.6 Å². The molecule has 8 heteroatoms. The van der Waals surface area contributed by atoms with Crippen LogP contribution in [0.1, 0.15) is 16.1 Å². The van der Waals surface area contributed by atoms with Gasteiger partial charge in [-0.1, -0.05) is 41.4 Å². The first kappa shape index (κ1) is 18.2. The van der Waals surface area contributed by atoms with Crippen LogP contribution in [-0.2, 0) is 16.1 Å². The van der Waals surface area contributed by atoms with Crippen LogP contribution in [-0.4, -0.2) is 35.4 Å². The molecule has 0 unspecified atom stereocenters. The lowest BCUT2D eigenvalue weighted by molar-refractivity contribution is -0.133. The van der Waals surface area contributed by atoms with E-state index < -0.39 is 24.3 Å². The van der Waals surface area contributed by atoms with E-state index >= 15 is 0 Å². The van der Waals surface area contributed by atoms with Crippen LogP contribution < -0.4 is 0 Å². The first-order valence-electron chi connectivity index (χ1n) is 6.85. The van der Waals surface area contributed by atoms with Gasteiger partial charge >= 0.3 is 5.97 Å². The van der Waals surface area contributed by atoms with Crippen LogP contribution in [0.15, 0.2) is 36.4 Å². The number of nitrogens with zero attached hydrogens (tertiary/aromatic N) is 2. The van der Waals surface area contributed by atoms with Crippen molar-refractivity contribution in [3.63, 3.8) is 0 Å². The molecule has 0 atom stereocenters. The van der Waals surface area contributed by atoms with Crippen molar-refractivity contribution >= 4 is 35.1 Å². The summed E-state index contributed by atoms with van der Waals surface area (Å²) in [7, 11) is 1.48. The molecule has 0 saturated heterocycles. The van der Waals surface area contributed by atoms with E-state index in [2.05, 4.69) is 4.98 Å². The predicted octanol–water partition coefficient (Wildman–Crippen LogP) is 3.34. The van der Waals surface area contributed by atoms with Crippen LogP contribution in [0.5, 0.6) is 0 Å². The number of hydrogen-bond acceptors (Lipinski definition) is 4. The predicted molar refractivity (Wildman–Crippen MR) is 87.4 cm³/mol. The topological polar surface area (TPSA) is 59.5 Å². The Morgan fingerprint density at radius 1 is 1.21 bits per heavy atom. The summed E-state index contributed by atoms with van der Waals surface area (Å²) in [6.07, 6.45) is 0. The van der Waals surface area contributed by atoms with Gasteiger partial charge in [0.2, 0.25) is 0 Å². The number of amides is 1. The van der Waals surface area contributed by atoms with Crippen molar-refractivity contribution in [1.29, 1.82) is 0 Å². The van der Waals surface area contributed by atoms with Crippen molar-refractivity contribution in [1.82, 2.24) is 9.88 Å². The minimum atomic E-state index is -0.866. The molecule has 126 valence electrons. The smallest absolute Gasteiger partial charge is 0.359 e. The van der Waals surface area contributed by atoms with Crippen LogP contribution in [0, 0.1) is 5.82 Å². The molecule has 0 bridgehead atoms. The average Bonchev–Trinajstić information content (AvgIpc) is 2.56. The summed E-state index contributed by atoms with van der Waals surface area (Å²) >= 11 is 11.5. The molecule has 0 aliphatic heterocycles. The third-order valence-electron chi connectivity index (χ3n) is 3.12. The van der Waals surface area contributed by atoms with E-state index in [-0.39, 0.29) is 22.4 Å². The second-order valence-electron chi connectivity index (χ2n) is 4.88. The van der Waals surface area contributed by atoms with E-state index in [9.17, 15) is 14.0 Å². The van der Waals surface area contributed by atoms with Gasteiger partial charge in [-0.15, -0.1) is 0 Å². The van der Waals surface area contributed by atoms with Crippen LogP contribution in [0.4, 0.5) is 4.39 Å². The lowest BCUT2D eigenvalue weighted by Gasteiger charge is -2.17. The zero-order valence-corrected chi connectivity index (χ0v) is 14.1. The largest absolute Gasteiger partial charge is 0.451 e. The Kier molecular flexibility index (Phi) is 6.11. The fraction of sp³-hybridized carbons (Fsp3) is 0.188. The second-order valence-corrected chi connectivity index (χ2v) is 5.68. The maximum absolute atomic E-state index is 13.6. The Balaban J connectivity index is 1.93. The Morgan fingerprint density at radius 3 is 2.62 bits per heavy atom. The number of rotatable bonds is 5. The van der Waals surface area contributed by atoms with E-state index in [0.717, 1.165) is 0 Å². The molecular weight excluding hydrogens is 358 g/mol. The molecule has 1 heterocycles. The summed E-state index contributed by atoms with van der Waals surface area (Å²) in [5.41, 5.74) is 0.188. The SMILES string of the molecule is CN(Cc1ccccc1F)C(=O)COC(=O)c1nc(Cl)ccc1Cl. The monoisotopic (exact) mass is 370 g/mol. The zero-order valence-electron chi connectivity index (χ0n) is 12.6. The summed E-state index contributed by atoms with van der Waals surface area (Å²) in [4.78, 5) is 28.9. The lowest BCUT2D eigenvalue weighted by Crippen LogP contribution is -2.31. The fourth-order valence-corrected chi connectivity index (χ4v) is 2.17. The van der Waals surface area contributed by atoms with Crippen molar-refractivity contribution in [2.45, 2.75) is 6.54 Å². The number of esters is 1. The first-order valence-corrected chi connectivity index (χ1v) is 7.60. The molecule has 1 aromatic heterocycles. The quantitative estimate of drug-likeness (QED) is 0.598. The molecule has 0 aliphatic rings. The second kappa shape index (κ2) is 8.08. The Labute approximate surface area is 148 Å². The molecule has 0 aliphatic carbocycles. The summed E-state index contributed by atoms with van der Waals surface area (Å²) in [5, 5.41) is 0.144. The van der Waals surface area contributed by atoms with Gasteiger partial charge in [-0.3, -0.25) is 4.79 Å². The maximum Gasteiger partial charge on any atom is 0.359 e. The molecule has 2 rings (SSSR count). The molecule has 0 saturated carbocycles. The number of halogens is 3. The Morgan fingerprint density at radius 2 is 1.92 bits per heavy atom. The number of aromatic nitrogens is 1. The molecule has 1 amide bonds. The first-order chi connectivity index (χ1) is 11.4. The van der Waals surface area contributed by atoms with Crippen LogP contribution in [0.25, 0.3) is 0 Å². The normalized spacial score (nSPS) is 10.3. The Bertz CT molecular complexity index is 771. The van der Waals surface area contributed by atoms with Crippen molar-refractivity contribution in [2.75, 3.05) is 13.7 Å². The molecule has 0 spiro atoms. The van der Waals surface area contributed by atoms with Gasteiger partial charge in [-0.05, 0) is 18.2 Å². The van der Waals surface area contributed by atoms with E-state index in [1.165, 1.54) is 30.1 Å². The van der Waals surface area contributed by atoms with Crippen molar-refractivity contribution in [3.8, 4) is 0 Å². The molecule has 0 fully saturated rings. The number of benzene rings is 1. The third-order valence-corrected chi connectivity index (χ3v) is 3.64. The van der Waals surface area contributed by atoms with Gasteiger partial charge in [0.25, 0.3) is 5.91 Å². The average molecular weight is 371 g/mol. The van der Waals surface area contributed by atoms with Crippen molar-refractivity contribution in [2.24, 2.45) is 0 Å². The third kappa shape index (κ3) is 4.66. The molecule has 0 N–H and O–H groups in total. The van der Waals surface area contributed by atoms with E-state index in [0.29, 0.717) is 5.56 Å². The zero-order chi connectivity index (χ0) is 17.7. The minimum Gasteiger partial charge on any atom is -0.451 e. The van der Waals surface area contributed by atoms with Gasteiger partial charge < -0.3 is 9.64 Å². The lowest BCUT2D eigenvalue weighted by atomic mass is 10.2. The van der Waals surface area contributed by atoms with Gasteiger partial charge in [-0.2, -0.15) is 0 Å². The highest BCUT2D eigenvalue weighted by Crippen LogP contribution is 2.17. The Hall–Kier alpha value is -2.18. The van der Waals surface area contributed by atoms with E-state index in [1.807, 2.05) is 0 Å². The number of ether oxygens (including phenoxy) is 1. The summed E-state index contributed by atoms with van der Waals surface area (Å²) < 4.78 is 18.5. The maximum atomic E-state index is 13.6. The number of pyridine rings is 1. The fourth-order valence-electron chi connectivity index (χ4n) is 1.84. The molecular formula is C16H13Cl2FN2O3. The minimum absolute atomic E-state index is 0.0548. The molecule has 24 heavy (non-hydrogen) atoms. The van der Waals surface area contributed by atoms with Gasteiger partial charge in [0.1, 0.15) is 11.0 Å². The van der Waals surface area contributed by atoms with Crippen molar-refractivity contribution < 1.29 is 18.7 Å². The van der Waals surface area contributed by atoms with Gasteiger partial charge in [0, 0.05) is 19.2 Å². The summed E-state index contributed by atoms with van der Waals surface area (Å²) in [5.74, 6) is -1.77. The highest BCUT2D eigenvalue weighted by Gasteiger charge is 2.18. The highest BCUT2D eigenvalue weighted by atomic mass is 35.5. The van der Waals surface area contributed by atoms with Crippen LogP contribution in [0.2, 0.25) is 10.2 Å². The van der Waals surface area contributed by atoms with Crippen LogP contribution >= 0.6 is 23.2 Å². The van der Waals surface area contributed by atoms with Crippen LogP contribution in [0.3, 0.4) is 0 Å². The van der Waals surface area contributed by atoms with Gasteiger partial charge in [0.05, 0.1) is 5.02 Å². The summed E-state index contributed by atoms with van der Waals surface area (Å²) in [6.45, 7) is -0.465. The highest BCUT2D eigenvalue weighted by molar-refractivity contribution is 6.34. The summed E-state index contributed by atoms with van der Waals surface area (Å²) in [6, 6.07) is 8.93. The molecule has 0 radical (unpaired) electrons. The van der Waals surface area contributed by atoms with Gasteiger partial charge in [0.15, 0.2) is 12.3 Å². The number of hydrogen-bond donors (Lipinski definition) is 0. The molecule has 1 aromatic carbocycles. The van der Waals surface area contributed by atoms with Gasteiger partial charge in [-0.25, -0.2) is 14.2 Å². The number of likely N-dealkylation sites (N-methyl/N-ethyl adjacent to an activating group) is 1.